The van der Waals surface area contributed by atoms with E-state index in [9.17, 15) is 10.1 Å². The number of aromatic amines is 1. The van der Waals surface area contributed by atoms with E-state index in [0.29, 0.717) is 18.2 Å². The Morgan fingerprint density at radius 1 is 1.50 bits per heavy atom. The van der Waals surface area contributed by atoms with Crippen molar-refractivity contribution in [3.63, 3.8) is 0 Å². The van der Waals surface area contributed by atoms with Gasteiger partial charge < -0.3 is 10.3 Å². The van der Waals surface area contributed by atoms with Crippen LogP contribution < -0.4 is 5.32 Å². The maximum absolute atomic E-state index is 10.9. The Bertz CT molecular complexity index is 625. The van der Waals surface area contributed by atoms with Gasteiger partial charge in [-0.2, -0.15) is 0 Å². The van der Waals surface area contributed by atoms with Gasteiger partial charge in [-0.15, -0.1) is 0 Å². The normalized spacial score (nSPS) is 11.0. The van der Waals surface area contributed by atoms with Crippen molar-refractivity contribution in [3.8, 4) is 11.3 Å². The third kappa shape index (κ3) is 3.34. The number of rotatable bonds is 5. The molecule has 0 bridgehead atoms. The van der Waals surface area contributed by atoms with Crippen LogP contribution in [0.15, 0.2) is 24.4 Å². The van der Waals surface area contributed by atoms with Crippen LogP contribution in [0.25, 0.3) is 11.3 Å². The Kier molecular flexibility index (Phi) is 4.36. The fourth-order valence-electron chi connectivity index (χ4n) is 1.72. The van der Waals surface area contributed by atoms with Crippen molar-refractivity contribution in [2.24, 2.45) is 0 Å². The van der Waals surface area contributed by atoms with Crippen molar-refractivity contribution in [1.29, 1.82) is 0 Å². The lowest BCUT2D eigenvalue weighted by Crippen LogP contribution is -2.22. The van der Waals surface area contributed by atoms with Gasteiger partial charge in [-0.1, -0.05) is 31.5 Å². The van der Waals surface area contributed by atoms with Crippen LogP contribution >= 0.6 is 11.6 Å². The topological polar surface area (TPSA) is 83.8 Å². The van der Waals surface area contributed by atoms with Gasteiger partial charge in [-0.3, -0.25) is 10.1 Å². The van der Waals surface area contributed by atoms with Crippen molar-refractivity contribution in [2.75, 3.05) is 0 Å². The van der Waals surface area contributed by atoms with E-state index in [1.165, 1.54) is 12.1 Å². The van der Waals surface area contributed by atoms with Crippen molar-refractivity contribution < 1.29 is 4.92 Å². The molecule has 0 saturated heterocycles. The second kappa shape index (κ2) is 6.02. The second-order valence-electron chi connectivity index (χ2n) is 4.70. The molecule has 0 unspecified atom stereocenters. The predicted molar refractivity (Wildman–Crippen MR) is 77.7 cm³/mol. The van der Waals surface area contributed by atoms with Crippen molar-refractivity contribution in [3.05, 3.63) is 45.4 Å². The highest BCUT2D eigenvalue weighted by molar-refractivity contribution is 6.32. The Hall–Kier alpha value is -1.92. The van der Waals surface area contributed by atoms with Gasteiger partial charge in [-0.25, -0.2) is 4.98 Å². The molecule has 6 nitrogen and oxygen atoms in total. The highest BCUT2D eigenvalue weighted by Crippen LogP contribution is 2.29. The van der Waals surface area contributed by atoms with Crippen LogP contribution in [0.4, 0.5) is 5.69 Å². The average Bonchev–Trinajstić information content (AvgIpc) is 2.85. The third-order valence-corrected chi connectivity index (χ3v) is 3.08. The van der Waals surface area contributed by atoms with Gasteiger partial charge in [0.2, 0.25) is 0 Å². The number of imidazole rings is 1. The average molecular weight is 295 g/mol. The molecule has 0 aliphatic rings. The zero-order valence-corrected chi connectivity index (χ0v) is 11.9. The van der Waals surface area contributed by atoms with Crippen LogP contribution in [0, 0.1) is 10.1 Å². The van der Waals surface area contributed by atoms with Crippen LogP contribution in [0.5, 0.6) is 0 Å². The maximum atomic E-state index is 10.9. The quantitative estimate of drug-likeness (QED) is 0.655. The van der Waals surface area contributed by atoms with Crippen LogP contribution in [0.1, 0.15) is 19.7 Å². The van der Waals surface area contributed by atoms with E-state index < -0.39 is 4.92 Å². The van der Waals surface area contributed by atoms with Gasteiger partial charge in [0.25, 0.3) is 5.69 Å². The Morgan fingerprint density at radius 3 is 2.90 bits per heavy atom. The SMILES string of the molecule is CC(C)NCc1ncc(-c2ccc(Cl)c([N+](=O)[O-])c2)[nH]1. The lowest BCUT2D eigenvalue weighted by molar-refractivity contribution is -0.384. The largest absolute Gasteiger partial charge is 0.341 e. The van der Waals surface area contributed by atoms with E-state index >= 15 is 0 Å². The lowest BCUT2D eigenvalue weighted by atomic mass is 10.1. The molecular formula is C13H15ClN4O2. The number of H-pyrrole nitrogens is 1. The summed E-state index contributed by atoms with van der Waals surface area (Å²) in [5.41, 5.74) is 1.30. The maximum Gasteiger partial charge on any atom is 0.288 e. The molecule has 0 saturated carbocycles. The molecule has 0 fully saturated rings. The summed E-state index contributed by atoms with van der Waals surface area (Å²) < 4.78 is 0. The molecule has 106 valence electrons. The first-order valence-corrected chi connectivity index (χ1v) is 6.56. The van der Waals surface area contributed by atoms with E-state index in [1.807, 2.05) is 13.8 Å². The number of hydrogen-bond acceptors (Lipinski definition) is 4. The number of nitrogens with zero attached hydrogens (tertiary/aromatic N) is 2. The molecule has 1 heterocycles. The molecule has 20 heavy (non-hydrogen) atoms. The molecule has 0 spiro atoms. The number of nitro groups is 1. The van der Waals surface area contributed by atoms with E-state index in [2.05, 4.69) is 15.3 Å². The lowest BCUT2D eigenvalue weighted by Gasteiger charge is -2.05. The summed E-state index contributed by atoms with van der Waals surface area (Å²) in [6.07, 6.45) is 1.66. The number of benzene rings is 1. The molecule has 7 heteroatoms. The number of nitro benzene ring substituents is 1. The number of hydrogen-bond donors (Lipinski definition) is 2. The monoisotopic (exact) mass is 294 g/mol. The molecule has 0 radical (unpaired) electrons. The minimum atomic E-state index is -0.497. The fraction of sp³-hybridized carbons (Fsp3) is 0.308. The molecule has 0 atom stereocenters. The molecule has 1 aromatic carbocycles. The first-order chi connectivity index (χ1) is 9.47. The standard InChI is InChI=1S/C13H15ClN4O2/c1-8(2)15-7-13-16-6-11(17-13)9-3-4-10(14)12(5-9)18(19)20/h3-6,8,15H,7H2,1-2H3,(H,16,17). The van der Waals surface area contributed by atoms with E-state index in [0.717, 1.165) is 11.5 Å². The van der Waals surface area contributed by atoms with Gasteiger partial charge in [0.1, 0.15) is 10.8 Å². The van der Waals surface area contributed by atoms with Crippen molar-refractivity contribution >= 4 is 17.3 Å². The van der Waals surface area contributed by atoms with Crippen molar-refractivity contribution in [2.45, 2.75) is 26.4 Å². The minimum Gasteiger partial charge on any atom is -0.341 e. The summed E-state index contributed by atoms with van der Waals surface area (Å²) in [5, 5.41) is 14.2. The highest BCUT2D eigenvalue weighted by Gasteiger charge is 2.14. The van der Waals surface area contributed by atoms with Crippen LogP contribution in [0.3, 0.4) is 0 Å². The molecule has 0 amide bonds. The fourth-order valence-corrected chi connectivity index (χ4v) is 1.91. The molecule has 1 aromatic heterocycles. The Balaban J connectivity index is 2.24. The molecular weight excluding hydrogens is 280 g/mol. The van der Waals surface area contributed by atoms with Gasteiger partial charge in [0.15, 0.2) is 0 Å². The number of halogens is 1. The van der Waals surface area contributed by atoms with Crippen LogP contribution in [0.2, 0.25) is 5.02 Å². The molecule has 0 aliphatic carbocycles. The van der Waals surface area contributed by atoms with Gasteiger partial charge >= 0.3 is 0 Å². The zero-order valence-electron chi connectivity index (χ0n) is 11.2. The molecule has 2 aromatic rings. The van der Waals surface area contributed by atoms with Gasteiger partial charge in [0.05, 0.1) is 23.4 Å². The molecule has 0 aliphatic heterocycles. The van der Waals surface area contributed by atoms with E-state index in [4.69, 9.17) is 11.6 Å². The van der Waals surface area contributed by atoms with Crippen LogP contribution in [-0.2, 0) is 6.54 Å². The number of aromatic nitrogens is 2. The summed E-state index contributed by atoms with van der Waals surface area (Å²) >= 11 is 5.79. The number of nitrogens with one attached hydrogen (secondary N) is 2. The minimum absolute atomic E-state index is 0.111. The van der Waals surface area contributed by atoms with Gasteiger partial charge in [-0.05, 0) is 6.07 Å². The summed E-state index contributed by atoms with van der Waals surface area (Å²) in [4.78, 5) is 17.7. The summed E-state index contributed by atoms with van der Waals surface area (Å²) in [5.74, 6) is 0.784. The van der Waals surface area contributed by atoms with E-state index in [1.54, 1.807) is 12.3 Å². The second-order valence-corrected chi connectivity index (χ2v) is 5.11. The summed E-state index contributed by atoms with van der Waals surface area (Å²) in [7, 11) is 0. The zero-order chi connectivity index (χ0) is 14.7. The molecule has 2 rings (SSSR count). The first-order valence-electron chi connectivity index (χ1n) is 6.19. The Labute approximate surface area is 121 Å². The first kappa shape index (κ1) is 14.5. The van der Waals surface area contributed by atoms with E-state index in [-0.39, 0.29) is 10.7 Å². The smallest absolute Gasteiger partial charge is 0.288 e. The third-order valence-electron chi connectivity index (χ3n) is 2.76. The van der Waals surface area contributed by atoms with Crippen LogP contribution in [-0.4, -0.2) is 20.9 Å². The van der Waals surface area contributed by atoms with Crippen molar-refractivity contribution in [1.82, 2.24) is 15.3 Å². The predicted octanol–water partition coefficient (Wildman–Crippen LogP) is 3.14. The summed E-state index contributed by atoms with van der Waals surface area (Å²) in [6, 6.07) is 5.04. The Morgan fingerprint density at radius 2 is 2.25 bits per heavy atom. The molecule has 2 N–H and O–H groups in total. The summed E-state index contributed by atoms with van der Waals surface area (Å²) in [6.45, 7) is 4.71. The highest BCUT2D eigenvalue weighted by atomic mass is 35.5. The van der Waals surface area contributed by atoms with Gasteiger partial charge in [0, 0.05) is 17.7 Å².